The number of hydrogen-bond acceptors (Lipinski definition) is 2. The number of pyridine rings is 2. The molecule has 4 aromatic rings. The highest BCUT2D eigenvalue weighted by Crippen LogP contribution is 2.42. The Morgan fingerprint density at radius 3 is 2.73 bits per heavy atom. The second kappa shape index (κ2) is 5.54. The lowest BCUT2D eigenvalue weighted by atomic mass is 9.80. The molecular formula is C23H25N3. The van der Waals surface area contributed by atoms with Gasteiger partial charge >= 0.3 is 0 Å². The molecule has 1 aliphatic carbocycles. The fourth-order valence-corrected chi connectivity index (χ4v) is 4.95. The molecule has 3 heteroatoms. The molecule has 0 aliphatic heterocycles. The average molecular weight is 343 g/mol. The Bertz CT molecular complexity index is 1150. The SMILES string of the molecule is Cc1cn2c3ccc(CC4(C)CCCC4)c(C)c3c3ncccc3c2n1. The summed E-state index contributed by atoms with van der Waals surface area (Å²) in [6.07, 6.45) is 10.7. The molecule has 3 heterocycles. The van der Waals surface area contributed by atoms with Crippen LogP contribution in [0.5, 0.6) is 0 Å². The van der Waals surface area contributed by atoms with E-state index >= 15 is 0 Å². The standard InChI is InChI=1S/C23H25N3/c1-15-14-26-19-9-8-17(13-23(3)10-4-5-11-23)16(2)20(19)21-18(22(26)25-15)7-6-12-24-21/h6-9,12,14H,4-5,10-11,13H2,1-3H3. The monoisotopic (exact) mass is 343 g/mol. The zero-order valence-corrected chi connectivity index (χ0v) is 15.8. The first-order valence-electron chi connectivity index (χ1n) is 9.70. The number of imidazole rings is 1. The van der Waals surface area contributed by atoms with Gasteiger partial charge in [-0.25, -0.2) is 4.98 Å². The van der Waals surface area contributed by atoms with Crippen LogP contribution < -0.4 is 0 Å². The van der Waals surface area contributed by atoms with Crippen LogP contribution in [0.25, 0.3) is 27.5 Å². The second-order valence-electron chi connectivity index (χ2n) is 8.41. The second-order valence-corrected chi connectivity index (χ2v) is 8.41. The number of nitrogens with zero attached hydrogens (tertiary/aromatic N) is 3. The van der Waals surface area contributed by atoms with E-state index < -0.39 is 0 Å². The van der Waals surface area contributed by atoms with E-state index in [9.17, 15) is 0 Å². The molecule has 0 spiro atoms. The van der Waals surface area contributed by atoms with Crippen LogP contribution in [-0.4, -0.2) is 14.4 Å². The van der Waals surface area contributed by atoms with E-state index in [0.29, 0.717) is 5.41 Å². The zero-order valence-electron chi connectivity index (χ0n) is 15.8. The van der Waals surface area contributed by atoms with Crippen molar-refractivity contribution in [2.24, 2.45) is 5.41 Å². The predicted octanol–water partition coefficient (Wildman–Crippen LogP) is 5.78. The molecular weight excluding hydrogens is 318 g/mol. The first-order valence-corrected chi connectivity index (χ1v) is 9.70. The first kappa shape index (κ1) is 15.8. The van der Waals surface area contributed by atoms with Gasteiger partial charge < -0.3 is 0 Å². The maximum Gasteiger partial charge on any atom is 0.147 e. The third kappa shape index (κ3) is 2.26. The summed E-state index contributed by atoms with van der Waals surface area (Å²) < 4.78 is 2.24. The van der Waals surface area contributed by atoms with Gasteiger partial charge in [-0.05, 0) is 67.9 Å². The average Bonchev–Trinajstić information content (AvgIpc) is 3.23. The molecule has 0 amide bonds. The van der Waals surface area contributed by atoms with E-state index in [1.165, 1.54) is 54.1 Å². The number of aromatic nitrogens is 3. The van der Waals surface area contributed by atoms with Gasteiger partial charge in [-0.2, -0.15) is 0 Å². The summed E-state index contributed by atoms with van der Waals surface area (Å²) in [5.74, 6) is 0. The lowest BCUT2D eigenvalue weighted by Crippen LogP contribution is -2.15. The number of aryl methyl sites for hydroxylation is 2. The Hall–Kier alpha value is -2.42. The predicted molar refractivity (Wildman–Crippen MR) is 108 cm³/mol. The third-order valence-electron chi connectivity index (χ3n) is 6.35. The molecule has 0 saturated heterocycles. The summed E-state index contributed by atoms with van der Waals surface area (Å²) in [5, 5.41) is 2.42. The summed E-state index contributed by atoms with van der Waals surface area (Å²) in [6.45, 7) is 6.80. The first-order chi connectivity index (χ1) is 12.6. The van der Waals surface area contributed by atoms with Crippen LogP contribution in [0.3, 0.4) is 0 Å². The minimum absolute atomic E-state index is 0.456. The van der Waals surface area contributed by atoms with Crippen molar-refractivity contribution in [1.29, 1.82) is 0 Å². The highest BCUT2D eigenvalue weighted by atomic mass is 15.0. The number of hydrogen-bond donors (Lipinski definition) is 0. The van der Waals surface area contributed by atoms with Crippen molar-refractivity contribution in [2.75, 3.05) is 0 Å². The van der Waals surface area contributed by atoms with Crippen molar-refractivity contribution in [1.82, 2.24) is 14.4 Å². The lowest BCUT2D eigenvalue weighted by Gasteiger charge is -2.25. The maximum atomic E-state index is 4.77. The van der Waals surface area contributed by atoms with Gasteiger partial charge in [-0.3, -0.25) is 9.38 Å². The number of benzene rings is 1. The van der Waals surface area contributed by atoms with Crippen LogP contribution in [0.1, 0.15) is 49.4 Å². The Morgan fingerprint density at radius 1 is 1.12 bits per heavy atom. The molecule has 1 aromatic carbocycles. The number of rotatable bonds is 2. The van der Waals surface area contributed by atoms with Crippen LogP contribution in [0.2, 0.25) is 0 Å². The largest absolute Gasteiger partial charge is 0.299 e. The van der Waals surface area contributed by atoms with Crippen molar-refractivity contribution in [3.8, 4) is 0 Å². The highest BCUT2D eigenvalue weighted by Gasteiger charge is 2.29. The fourth-order valence-electron chi connectivity index (χ4n) is 4.95. The molecule has 3 aromatic heterocycles. The van der Waals surface area contributed by atoms with Crippen molar-refractivity contribution >= 4 is 27.5 Å². The summed E-state index contributed by atoms with van der Waals surface area (Å²) in [7, 11) is 0. The van der Waals surface area contributed by atoms with Gasteiger partial charge in [-0.15, -0.1) is 0 Å². The smallest absolute Gasteiger partial charge is 0.147 e. The van der Waals surface area contributed by atoms with E-state index in [0.717, 1.165) is 22.2 Å². The molecule has 1 fully saturated rings. The lowest BCUT2D eigenvalue weighted by molar-refractivity contribution is 0.334. The van der Waals surface area contributed by atoms with Crippen molar-refractivity contribution < 1.29 is 0 Å². The quantitative estimate of drug-likeness (QED) is 0.432. The molecule has 1 saturated carbocycles. The van der Waals surface area contributed by atoms with Crippen LogP contribution in [0.15, 0.2) is 36.7 Å². The normalized spacial score (nSPS) is 16.9. The Morgan fingerprint density at radius 2 is 1.92 bits per heavy atom. The van der Waals surface area contributed by atoms with E-state index in [-0.39, 0.29) is 0 Å². The molecule has 0 bridgehead atoms. The Balaban J connectivity index is 1.84. The highest BCUT2D eigenvalue weighted by molar-refractivity contribution is 6.11. The number of fused-ring (bicyclic) bond motifs is 6. The van der Waals surface area contributed by atoms with E-state index in [4.69, 9.17) is 9.97 Å². The van der Waals surface area contributed by atoms with E-state index in [2.05, 4.69) is 49.6 Å². The van der Waals surface area contributed by atoms with Crippen molar-refractivity contribution in [3.63, 3.8) is 0 Å². The Labute approximate surface area is 154 Å². The van der Waals surface area contributed by atoms with Crippen LogP contribution in [0, 0.1) is 19.3 Å². The molecule has 0 unspecified atom stereocenters. The van der Waals surface area contributed by atoms with Crippen LogP contribution in [0.4, 0.5) is 0 Å². The van der Waals surface area contributed by atoms with Crippen LogP contribution in [-0.2, 0) is 6.42 Å². The Kier molecular flexibility index (Phi) is 3.37. The van der Waals surface area contributed by atoms with Crippen molar-refractivity contribution in [2.45, 2.75) is 52.9 Å². The van der Waals surface area contributed by atoms with Gasteiger partial charge in [0.1, 0.15) is 5.65 Å². The van der Waals surface area contributed by atoms with Gasteiger partial charge in [0.15, 0.2) is 0 Å². The summed E-state index contributed by atoms with van der Waals surface area (Å²) >= 11 is 0. The minimum atomic E-state index is 0.456. The minimum Gasteiger partial charge on any atom is -0.299 e. The topological polar surface area (TPSA) is 30.2 Å². The van der Waals surface area contributed by atoms with Crippen LogP contribution >= 0.6 is 0 Å². The van der Waals surface area contributed by atoms with E-state index in [1.807, 2.05) is 12.3 Å². The molecule has 3 nitrogen and oxygen atoms in total. The molecule has 1 aliphatic rings. The summed E-state index contributed by atoms with van der Waals surface area (Å²) in [4.78, 5) is 9.53. The molecule has 5 rings (SSSR count). The molecule has 132 valence electrons. The van der Waals surface area contributed by atoms with Gasteiger partial charge in [0.25, 0.3) is 0 Å². The molecule has 0 atom stereocenters. The summed E-state index contributed by atoms with van der Waals surface area (Å²) in [5.41, 5.74) is 7.66. The molecule has 26 heavy (non-hydrogen) atoms. The van der Waals surface area contributed by atoms with Gasteiger partial charge in [0.05, 0.1) is 16.7 Å². The zero-order chi connectivity index (χ0) is 17.9. The van der Waals surface area contributed by atoms with E-state index in [1.54, 1.807) is 0 Å². The molecule has 0 radical (unpaired) electrons. The maximum absolute atomic E-state index is 4.77. The third-order valence-corrected chi connectivity index (χ3v) is 6.35. The van der Waals surface area contributed by atoms with Gasteiger partial charge in [0, 0.05) is 23.2 Å². The van der Waals surface area contributed by atoms with Gasteiger partial charge in [-0.1, -0.05) is 25.8 Å². The summed E-state index contributed by atoms with van der Waals surface area (Å²) in [6, 6.07) is 8.77. The van der Waals surface area contributed by atoms with Crippen molar-refractivity contribution in [3.05, 3.63) is 53.5 Å². The molecule has 0 N–H and O–H groups in total. The van der Waals surface area contributed by atoms with Gasteiger partial charge in [0.2, 0.25) is 0 Å². The fraction of sp³-hybridized carbons (Fsp3) is 0.391.